The monoisotopic (exact) mass is 358 g/mol. The molecule has 25 heavy (non-hydrogen) atoms. The van der Waals surface area contributed by atoms with Crippen LogP contribution in [0.1, 0.15) is 21.5 Å². The molecule has 0 aromatic heterocycles. The Hall–Kier alpha value is -2.53. The van der Waals surface area contributed by atoms with Gasteiger partial charge >= 0.3 is 0 Å². The zero-order valence-corrected chi connectivity index (χ0v) is 15.1. The molecule has 130 valence electrons. The third kappa shape index (κ3) is 3.61. The second-order valence-corrected chi connectivity index (χ2v) is 6.28. The number of carbonyl (C=O) groups is 1. The van der Waals surface area contributed by atoms with Crippen molar-refractivity contribution >= 4 is 28.4 Å². The number of ether oxygens (including phenoxy) is 2. The van der Waals surface area contributed by atoms with Gasteiger partial charge in [0.25, 0.3) is 5.91 Å². The van der Waals surface area contributed by atoms with E-state index < -0.39 is 0 Å². The number of rotatable bonds is 4. The molecule has 0 unspecified atom stereocenters. The van der Waals surface area contributed by atoms with Crippen LogP contribution < -0.4 is 9.47 Å². The van der Waals surface area contributed by atoms with Crippen LogP contribution in [0, 0.1) is 6.92 Å². The Morgan fingerprint density at radius 1 is 1.16 bits per heavy atom. The van der Waals surface area contributed by atoms with Crippen LogP contribution in [0.15, 0.2) is 41.4 Å². The molecule has 0 atom stereocenters. The minimum absolute atomic E-state index is 0.101. The van der Waals surface area contributed by atoms with E-state index in [1.165, 1.54) is 0 Å². The summed E-state index contributed by atoms with van der Waals surface area (Å²) in [4.78, 5) is 19.0. The first-order valence-corrected chi connectivity index (χ1v) is 8.23. The van der Waals surface area contributed by atoms with Crippen molar-refractivity contribution in [2.45, 2.75) is 13.5 Å². The highest BCUT2D eigenvalue weighted by molar-refractivity contribution is 6.66. The average Bonchev–Trinajstić information content (AvgIpc) is 2.72. The average molecular weight is 359 g/mol. The third-order valence-corrected chi connectivity index (χ3v) is 4.29. The Morgan fingerprint density at radius 2 is 1.96 bits per heavy atom. The van der Waals surface area contributed by atoms with Gasteiger partial charge in [-0.2, -0.15) is 0 Å². The second-order valence-electron chi connectivity index (χ2n) is 5.85. The lowest BCUT2D eigenvalue weighted by Gasteiger charge is -2.22. The fraction of sp³-hybridized carbons (Fsp3) is 0.263. The maximum atomic E-state index is 13.0. The number of hydrogen-bond donors (Lipinski definition) is 0. The van der Waals surface area contributed by atoms with Crippen molar-refractivity contribution in [3.8, 4) is 11.5 Å². The van der Waals surface area contributed by atoms with Crippen LogP contribution in [0.3, 0.4) is 0 Å². The smallest absolute Gasteiger partial charge is 0.256 e. The van der Waals surface area contributed by atoms with Crippen molar-refractivity contribution in [3.63, 3.8) is 0 Å². The van der Waals surface area contributed by atoms with Gasteiger partial charge < -0.3 is 14.4 Å². The standard InChI is InChI=1S/C19H19ClN2O3/c1-12-4-7-16-15(8-12)19(23)22(11-18(20)21-16)10-13-5-6-14(24-2)9-17(13)25-3/h4-9H,10-11H2,1-3H3. The Balaban J connectivity index is 1.95. The molecule has 2 aromatic rings. The molecule has 5 nitrogen and oxygen atoms in total. The lowest BCUT2D eigenvalue weighted by molar-refractivity contribution is 0.0771. The summed E-state index contributed by atoms with van der Waals surface area (Å²) in [5.41, 5.74) is 3.03. The first-order valence-electron chi connectivity index (χ1n) is 7.85. The molecular formula is C19H19ClN2O3. The summed E-state index contributed by atoms with van der Waals surface area (Å²) in [7, 11) is 3.19. The Bertz CT molecular complexity index is 849. The number of nitrogens with zero attached hydrogens (tertiary/aromatic N) is 2. The Morgan fingerprint density at radius 3 is 2.68 bits per heavy atom. The third-order valence-electron chi connectivity index (χ3n) is 4.09. The predicted molar refractivity (Wildman–Crippen MR) is 98.4 cm³/mol. The van der Waals surface area contributed by atoms with Gasteiger partial charge in [0.15, 0.2) is 0 Å². The summed E-state index contributed by atoms with van der Waals surface area (Å²) in [6.45, 7) is 2.56. The summed E-state index contributed by atoms with van der Waals surface area (Å²) in [5.74, 6) is 1.26. The second kappa shape index (κ2) is 7.15. The molecule has 6 heteroatoms. The van der Waals surface area contributed by atoms with E-state index in [0.29, 0.717) is 34.5 Å². The van der Waals surface area contributed by atoms with Crippen molar-refractivity contribution < 1.29 is 14.3 Å². The van der Waals surface area contributed by atoms with E-state index in [9.17, 15) is 4.79 Å². The maximum Gasteiger partial charge on any atom is 0.256 e. The number of fused-ring (bicyclic) bond motifs is 1. The van der Waals surface area contributed by atoms with Crippen LogP contribution in [-0.2, 0) is 6.54 Å². The van der Waals surface area contributed by atoms with Crippen LogP contribution in [-0.4, -0.2) is 36.7 Å². The highest BCUT2D eigenvalue weighted by Crippen LogP contribution is 2.29. The molecule has 1 aliphatic heterocycles. The quantitative estimate of drug-likeness (QED) is 0.831. The number of hydrogen-bond acceptors (Lipinski definition) is 4. The van der Waals surface area contributed by atoms with E-state index in [1.807, 2.05) is 37.3 Å². The minimum Gasteiger partial charge on any atom is -0.497 e. The summed E-state index contributed by atoms with van der Waals surface area (Å²) < 4.78 is 10.6. The minimum atomic E-state index is -0.101. The highest BCUT2D eigenvalue weighted by Gasteiger charge is 2.25. The zero-order chi connectivity index (χ0) is 18.0. The molecule has 0 fully saturated rings. The number of aryl methyl sites for hydroxylation is 1. The number of carbonyl (C=O) groups excluding carboxylic acids is 1. The van der Waals surface area contributed by atoms with Gasteiger partial charge in [0.1, 0.15) is 16.7 Å². The van der Waals surface area contributed by atoms with Crippen LogP contribution in [0.25, 0.3) is 0 Å². The molecule has 1 amide bonds. The van der Waals surface area contributed by atoms with Crippen molar-refractivity contribution in [2.24, 2.45) is 4.99 Å². The molecule has 0 aliphatic carbocycles. The van der Waals surface area contributed by atoms with E-state index >= 15 is 0 Å². The van der Waals surface area contributed by atoms with Crippen LogP contribution in [0.5, 0.6) is 11.5 Å². The van der Waals surface area contributed by atoms with Crippen molar-refractivity contribution in [1.29, 1.82) is 0 Å². The summed E-state index contributed by atoms with van der Waals surface area (Å²) in [5, 5.41) is 0.378. The molecule has 0 radical (unpaired) electrons. The molecule has 0 saturated heterocycles. The predicted octanol–water partition coefficient (Wildman–Crippen LogP) is 3.94. The zero-order valence-electron chi connectivity index (χ0n) is 14.4. The molecule has 3 rings (SSSR count). The summed E-state index contributed by atoms with van der Waals surface area (Å²) in [6, 6.07) is 11.1. The fourth-order valence-electron chi connectivity index (χ4n) is 2.80. The normalized spacial score (nSPS) is 13.8. The van der Waals surface area contributed by atoms with Crippen LogP contribution >= 0.6 is 11.6 Å². The van der Waals surface area contributed by atoms with Gasteiger partial charge in [-0.05, 0) is 31.2 Å². The number of halogens is 1. The van der Waals surface area contributed by atoms with Crippen molar-refractivity contribution in [2.75, 3.05) is 20.8 Å². The van der Waals surface area contributed by atoms with Crippen molar-refractivity contribution in [1.82, 2.24) is 4.90 Å². The Labute approximate surface area is 151 Å². The fourth-order valence-corrected chi connectivity index (χ4v) is 3.04. The molecule has 0 spiro atoms. The van der Waals surface area contributed by atoms with Gasteiger partial charge in [0, 0.05) is 11.6 Å². The number of methoxy groups -OCH3 is 2. The van der Waals surface area contributed by atoms with Gasteiger partial charge in [-0.15, -0.1) is 0 Å². The maximum absolute atomic E-state index is 13.0. The summed E-state index contributed by atoms with van der Waals surface area (Å²) in [6.07, 6.45) is 0. The first-order chi connectivity index (χ1) is 12.0. The number of amides is 1. The lowest BCUT2D eigenvalue weighted by Crippen LogP contribution is -2.33. The first kappa shape index (κ1) is 17.3. The van der Waals surface area contributed by atoms with E-state index in [2.05, 4.69) is 4.99 Å². The SMILES string of the molecule is COc1ccc(CN2CC(Cl)=Nc3ccc(C)cc3C2=O)c(OC)c1. The molecular weight excluding hydrogens is 340 g/mol. The molecule has 1 heterocycles. The van der Waals surface area contributed by atoms with Gasteiger partial charge in [-0.1, -0.05) is 23.2 Å². The van der Waals surface area contributed by atoms with Gasteiger partial charge in [0.05, 0.1) is 38.6 Å². The Kier molecular flexibility index (Phi) is 4.95. The summed E-state index contributed by atoms with van der Waals surface area (Å²) >= 11 is 6.24. The molecule has 0 saturated carbocycles. The lowest BCUT2D eigenvalue weighted by atomic mass is 10.1. The van der Waals surface area contributed by atoms with Gasteiger partial charge in [-0.25, -0.2) is 4.99 Å². The van der Waals surface area contributed by atoms with Crippen LogP contribution in [0.4, 0.5) is 5.69 Å². The highest BCUT2D eigenvalue weighted by atomic mass is 35.5. The number of aliphatic imine (C=N–C) groups is 1. The van der Waals surface area contributed by atoms with Crippen LogP contribution in [0.2, 0.25) is 0 Å². The topological polar surface area (TPSA) is 51.1 Å². The van der Waals surface area contributed by atoms with Crippen molar-refractivity contribution in [3.05, 3.63) is 53.1 Å². The van der Waals surface area contributed by atoms with E-state index in [4.69, 9.17) is 21.1 Å². The molecule has 2 aromatic carbocycles. The van der Waals surface area contributed by atoms with Gasteiger partial charge in [0.2, 0.25) is 0 Å². The number of benzene rings is 2. The van der Waals surface area contributed by atoms with Gasteiger partial charge in [-0.3, -0.25) is 4.79 Å². The molecule has 1 aliphatic rings. The largest absolute Gasteiger partial charge is 0.497 e. The van der Waals surface area contributed by atoms with E-state index in [1.54, 1.807) is 25.2 Å². The molecule has 0 N–H and O–H groups in total. The van der Waals surface area contributed by atoms with E-state index in [0.717, 1.165) is 11.1 Å². The van der Waals surface area contributed by atoms with E-state index in [-0.39, 0.29) is 12.5 Å². The molecule has 0 bridgehead atoms.